The number of nitrogens with zero attached hydrogens (tertiary/aromatic N) is 5. The van der Waals surface area contributed by atoms with Crippen molar-refractivity contribution in [1.29, 1.82) is 0 Å². The molecule has 6 heterocycles. The minimum atomic E-state index is -1.01. The third kappa shape index (κ3) is 9.86. The second-order valence-electron chi connectivity index (χ2n) is 31.7. The molecule has 0 radical (unpaired) electrons. The van der Waals surface area contributed by atoms with Gasteiger partial charge in [-0.1, -0.05) is 280 Å². The van der Waals surface area contributed by atoms with Crippen LogP contribution in [0.15, 0.2) is 325 Å². The molecule has 524 valence electrons. The zero-order valence-corrected chi connectivity index (χ0v) is 61.2. The molecule has 0 N–H and O–H groups in total. The van der Waals surface area contributed by atoms with Gasteiger partial charge in [0.15, 0.2) is 11.2 Å². The van der Waals surface area contributed by atoms with Crippen molar-refractivity contribution in [3.63, 3.8) is 0 Å². The van der Waals surface area contributed by atoms with E-state index in [0.29, 0.717) is 84.2 Å². The number of furan rings is 1. The van der Waals surface area contributed by atoms with Crippen molar-refractivity contribution >= 4 is 121 Å². The van der Waals surface area contributed by atoms with Crippen molar-refractivity contribution < 1.29 is 33.2 Å². The van der Waals surface area contributed by atoms with Crippen LogP contribution in [0.4, 0.5) is 34.1 Å². The van der Waals surface area contributed by atoms with Crippen LogP contribution in [-0.4, -0.2) is 13.7 Å². The van der Waals surface area contributed by atoms with Crippen molar-refractivity contribution in [2.75, 3.05) is 9.80 Å². The van der Waals surface area contributed by atoms with Gasteiger partial charge < -0.3 is 27.9 Å². The fraction of sp³-hybridized carbons (Fsp3) is 0.126. The average molecular weight is 1430 g/mol. The Morgan fingerprint density at radius 2 is 0.725 bits per heavy atom. The average Bonchev–Trinajstić information content (AvgIpc) is 1.19. The Labute approximate surface area is 664 Å². The number of rotatable bonds is 8. The van der Waals surface area contributed by atoms with Crippen LogP contribution in [0.1, 0.15) is 130 Å². The van der Waals surface area contributed by atoms with E-state index >= 15 is 0 Å². The van der Waals surface area contributed by atoms with Crippen LogP contribution in [0.25, 0.3) is 138 Å². The first kappa shape index (κ1) is 46.2. The van der Waals surface area contributed by atoms with Gasteiger partial charge in [-0.05, 0) is 169 Å². The monoisotopic (exact) mass is 1420 g/mol. The fourth-order valence-corrected chi connectivity index (χ4v) is 17.0. The van der Waals surface area contributed by atoms with E-state index in [1.54, 1.807) is 18.2 Å². The molecule has 2 aliphatic heterocycles. The maximum Gasteiger partial charge on any atom is 0.159 e. The first-order valence-electron chi connectivity index (χ1n) is 47.2. The molecule has 2 aliphatic rings. The Morgan fingerprint density at radius 1 is 0.284 bits per heavy atom. The molecule has 0 aliphatic carbocycles. The van der Waals surface area contributed by atoms with Crippen molar-refractivity contribution in [1.82, 2.24) is 13.7 Å². The Bertz CT molecular complexity index is 8020. The van der Waals surface area contributed by atoms with Crippen LogP contribution in [0.3, 0.4) is 0 Å². The van der Waals surface area contributed by atoms with E-state index in [-0.39, 0.29) is 76.9 Å². The zero-order chi connectivity index (χ0) is 91.8. The molecule has 6 heteroatoms. The van der Waals surface area contributed by atoms with E-state index in [4.69, 9.17) is 8.53 Å². The van der Waals surface area contributed by atoms with Crippen LogP contribution in [0, 0.1) is 0 Å². The minimum absolute atomic E-state index is 0.0836. The topological polar surface area (TPSA) is 34.4 Å². The third-order valence-electron chi connectivity index (χ3n) is 22.2. The molecule has 15 aromatic carbocycles. The quantitative estimate of drug-likeness (QED) is 0.152. The Hall–Kier alpha value is -12.9. The van der Waals surface area contributed by atoms with Crippen molar-refractivity contribution in [3.05, 3.63) is 354 Å². The molecule has 0 spiro atoms. The van der Waals surface area contributed by atoms with Gasteiger partial charge in [0.05, 0.1) is 107 Å². The largest absolute Gasteiger partial charge is 0.452 e. The lowest BCUT2D eigenvalue weighted by molar-refractivity contribution is 0.590. The van der Waals surface area contributed by atoms with E-state index in [1.165, 1.54) is 9.13 Å². The normalized spacial score (nSPS) is 16.5. The van der Waals surface area contributed by atoms with Gasteiger partial charge in [0.25, 0.3) is 0 Å². The summed E-state index contributed by atoms with van der Waals surface area (Å²) in [6, 6.07) is 51.0. The van der Waals surface area contributed by atoms with Gasteiger partial charge in [-0.15, -0.1) is 0 Å². The van der Waals surface area contributed by atoms with Crippen LogP contribution < -0.4 is 9.80 Å². The van der Waals surface area contributed by atoms with Gasteiger partial charge in [0.2, 0.25) is 0 Å². The Balaban J connectivity index is 0.980. The maximum absolute atomic E-state index is 10.2. The van der Waals surface area contributed by atoms with Crippen LogP contribution >= 0.6 is 0 Å². The van der Waals surface area contributed by atoms with Crippen molar-refractivity contribution in [2.45, 2.75) is 84.5 Å². The highest BCUT2D eigenvalue weighted by molar-refractivity contribution is 6.17. The lowest BCUT2D eigenvalue weighted by Gasteiger charge is -2.46. The zero-order valence-electron chi connectivity index (χ0n) is 82.2. The predicted molar refractivity (Wildman–Crippen MR) is 459 cm³/mol. The van der Waals surface area contributed by atoms with E-state index in [9.17, 15) is 24.7 Å². The second kappa shape index (κ2) is 23.8. The number of benzene rings is 15. The number of aromatic nitrogens is 3. The van der Waals surface area contributed by atoms with Gasteiger partial charge in [0.1, 0.15) is 0 Å². The molecule has 0 saturated heterocycles. The number of fused-ring (bicyclic) bond motifs is 16. The molecular formula is C103H81N5O. The molecule has 0 amide bonds. The first-order valence-corrected chi connectivity index (χ1v) is 36.7. The summed E-state index contributed by atoms with van der Waals surface area (Å²) in [4.78, 5) is 4.08. The highest BCUT2D eigenvalue weighted by Gasteiger charge is 2.44. The third-order valence-corrected chi connectivity index (χ3v) is 22.2. The number of anilines is 6. The molecule has 1 unspecified atom stereocenters. The lowest BCUT2D eigenvalue weighted by Crippen LogP contribution is -2.30. The van der Waals surface area contributed by atoms with E-state index in [2.05, 4.69) is 120 Å². The molecule has 6 nitrogen and oxygen atoms in total. The molecule has 109 heavy (non-hydrogen) atoms. The summed E-state index contributed by atoms with van der Waals surface area (Å²) in [6.07, 6.45) is 0. The Morgan fingerprint density at radius 3 is 1.24 bits per heavy atom. The molecule has 0 saturated carbocycles. The summed E-state index contributed by atoms with van der Waals surface area (Å²) >= 11 is 0. The number of hydrogen-bond donors (Lipinski definition) is 0. The fourth-order valence-electron chi connectivity index (χ4n) is 17.0. The predicted octanol–water partition coefficient (Wildman–Crippen LogP) is 28.5. The summed E-state index contributed by atoms with van der Waals surface area (Å²) in [5.74, 6) is -1.01. The van der Waals surface area contributed by atoms with Crippen molar-refractivity contribution in [2.24, 2.45) is 0 Å². The smallest absolute Gasteiger partial charge is 0.159 e. The first-order chi connectivity index (χ1) is 61.7. The van der Waals surface area contributed by atoms with Gasteiger partial charge in [-0.3, -0.25) is 0 Å². The van der Waals surface area contributed by atoms with E-state index in [1.807, 2.05) is 132 Å². The van der Waals surface area contributed by atoms with E-state index < -0.39 is 138 Å². The second-order valence-corrected chi connectivity index (χ2v) is 31.7. The Kier molecular flexibility index (Phi) is 10.1. The lowest BCUT2D eigenvalue weighted by atomic mass is 9.74. The summed E-state index contributed by atoms with van der Waals surface area (Å²) in [6.45, 7) is 19.6. The summed E-state index contributed by atoms with van der Waals surface area (Å²) in [7, 11) is 0. The standard InChI is InChI=1S/C103H81N5O/c1-101(2,3)67-48-53-88-82(56-67)83-57-68(102(4,5)6)49-54-89(83)106(88)90-45-27-39-76-77-40-28-46-91(100(77)109-99(76)90)107-92-55-66(63-29-13-10-14-30-63)47-51-78(92)96-79-52-50-70(104-84-41-23-19-35-72(84)73-36-20-24-42-85(73)104)60-93(79)108(95-62-71(61-94(107)97(95)96)105-86-43-25-21-37-74(86)75-38-22-26-44-87(75)105)98-80(64-31-15-11-16-32-64)58-69(103(7,8)9)59-81(98)65-33-17-12-18-34-65/h10-62,96H,1-9H3/i10D,13D,14D,19D,20D,21D,22D,23D,24D,25D,26D,29D,30D,35D,36D,37D,38D,41D,42D,43D,44D. The van der Waals surface area contributed by atoms with Gasteiger partial charge in [-0.25, -0.2) is 0 Å². The SMILES string of the molecule is [2H]c1c([2H])c([2H])c(-c2ccc3c(c2)N(c2cccc4c2oc2c(-n5c6ccc(C(C)(C)C)cc6c6cc(C(C)(C)C)ccc65)cccc24)c2cc(-n4c5c([2H])c([2H])c([2H])c([2H])c5c5c([2H])c([2H])c([2H])c([2H])c54)cc4c2C3c2ccc(-n3c5c([2H])c([2H])c([2H])c([2H])c5c5c([2H])c([2H])c([2H])c([2H])c53)cc2N4c2c(-c3ccccc3)cc(C(C)(C)C)cc2-c2ccccc2)c([2H])c1[2H]. The van der Waals surface area contributed by atoms with Gasteiger partial charge in [0, 0.05) is 71.4 Å². The van der Waals surface area contributed by atoms with Gasteiger partial charge >= 0.3 is 0 Å². The number of para-hydroxylation sites is 6. The molecule has 0 bridgehead atoms. The maximum atomic E-state index is 10.2. The molecule has 0 fully saturated rings. The number of hydrogen-bond acceptors (Lipinski definition) is 3. The minimum Gasteiger partial charge on any atom is -0.452 e. The van der Waals surface area contributed by atoms with Crippen LogP contribution in [-0.2, 0) is 16.2 Å². The molecular weight excluding hydrogens is 1320 g/mol. The summed E-state index contributed by atoms with van der Waals surface area (Å²) < 4.78 is 214. The highest BCUT2D eigenvalue weighted by Crippen LogP contribution is 2.64. The molecule has 21 rings (SSSR count). The molecule has 1 atom stereocenters. The molecule has 4 aromatic heterocycles. The molecule has 19 aromatic rings. The summed E-state index contributed by atoms with van der Waals surface area (Å²) in [5, 5.41) is 2.72. The summed E-state index contributed by atoms with van der Waals surface area (Å²) in [5.41, 5.74) is 12.1. The van der Waals surface area contributed by atoms with Crippen molar-refractivity contribution in [3.8, 4) is 50.4 Å². The van der Waals surface area contributed by atoms with Gasteiger partial charge in [-0.2, -0.15) is 0 Å². The highest BCUT2D eigenvalue weighted by atomic mass is 16.3. The van der Waals surface area contributed by atoms with Crippen LogP contribution in [0.2, 0.25) is 0 Å². The van der Waals surface area contributed by atoms with Crippen LogP contribution in [0.5, 0.6) is 0 Å². The van der Waals surface area contributed by atoms with E-state index in [0.717, 1.165) is 55.0 Å².